The van der Waals surface area contributed by atoms with Gasteiger partial charge in [-0.15, -0.1) is 0 Å². The van der Waals surface area contributed by atoms with E-state index in [4.69, 9.17) is 11.6 Å². The Morgan fingerprint density at radius 2 is 2.45 bits per heavy atom. The van der Waals surface area contributed by atoms with Gasteiger partial charge in [-0.3, -0.25) is 0 Å². The molecule has 1 aliphatic rings. The molecule has 0 N–H and O–H groups in total. The second kappa shape index (κ2) is 2.92. The molecule has 0 saturated heterocycles. The Balaban J connectivity index is 2.81. The minimum atomic E-state index is -0.490. The van der Waals surface area contributed by atoms with Gasteiger partial charge in [0.25, 0.3) is 0 Å². The van der Waals surface area contributed by atoms with Crippen LogP contribution in [0.3, 0.4) is 0 Å². The largest absolute Gasteiger partial charge is 0.234 e. The van der Waals surface area contributed by atoms with E-state index < -0.39 is 5.03 Å². The van der Waals surface area contributed by atoms with Crippen molar-refractivity contribution >= 4 is 11.6 Å². The maximum atomic E-state index is 10.3. The molecule has 0 fully saturated rings. The lowest BCUT2D eigenvalue weighted by molar-refractivity contribution is -0.645. The molecule has 0 aromatic heterocycles. The van der Waals surface area contributed by atoms with Crippen molar-refractivity contribution in [3.05, 3.63) is 33.5 Å². The smallest absolute Gasteiger partial charge is 0.165 e. The molecular weight excluding hydrogens is 168 g/mol. The van der Waals surface area contributed by atoms with Crippen molar-refractivity contribution in [2.75, 3.05) is 0 Å². The summed E-state index contributed by atoms with van der Waals surface area (Å²) < 4.78 is 0. The van der Waals surface area contributed by atoms with Gasteiger partial charge in [0.2, 0.25) is 0 Å². The van der Waals surface area contributed by atoms with E-state index in [1.807, 2.05) is 0 Å². The fraction of sp³-hybridized carbons (Fsp3) is 0.333. The fourth-order valence-corrected chi connectivity index (χ4v) is 0.975. The number of hydrogen-bond donors (Lipinski definition) is 0. The minimum absolute atomic E-state index is 0.229. The van der Waals surface area contributed by atoms with Gasteiger partial charge in [0, 0.05) is 0 Å². The number of halogens is 1. The first-order chi connectivity index (χ1) is 5.11. The van der Waals surface area contributed by atoms with Crippen molar-refractivity contribution in [1.29, 1.82) is 0 Å². The molecule has 1 aliphatic heterocycles. The van der Waals surface area contributed by atoms with E-state index in [1.54, 1.807) is 19.1 Å². The fourth-order valence-electron chi connectivity index (χ4n) is 0.802. The summed E-state index contributed by atoms with van der Waals surface area (Å²) in [7, 11) is 0. The Hall–Kier alpha value is -1.03. The molecule has 0 spiro atoms. The standard InChI is InChI=1S/C6H7ClN2O2/c1-5-2-3-6(7)4-8(5)9(10)11/h2-5H,1H3. The quantitative estimate of drug-likeness (QED) is 0.447. The van der Waals surface area contributed by atoms with Crippen LogP contribution in [0.15, 0.2) is 23.4 Å². The summed E-state index contributed by atoms with van der Waals surface area (Å²) in [5, 5.41) is 11.2. The van der Waals surface area contributed by atoms with E-state index in [1.165, 1.54) is 6.20 Å². The molecule has 60 valence electrons. The van der Waals surface area contributed by atoms with E-state index in [2.05, 4.69) is 0 Å². The first-order valence-corrected chi connectivity index (χ1v) is 3.47. The van der Waals surface area contributed by atoms with E-state index in [9.17, 15) is 10.1 Å². The highest BCUT2D eigenvalue weighted by atomic mass is 35.5. The van der Waals surface area contributed by atoms with Crippen LogP contribution in [0.2, 0.25) is 0 Å². The first kappa shape index (κ1) is 8.07. The Kier molecular flexibility index (Phi) is 2.14. The van der Waals surface area contributed by atoms with E-state index >= 15 is 0 Å². The second-order valence-corrected chi connectivity index (χ2v) is 2.67. The first-order valence-electron chi connectivity index (χ1n) is 3.09. The Bertz CT molecular complexity index is 237. The number of nitro groups is 1. The minimum Gasteiger partial charge on any atom is -0.234 e. The summed E-state index contributed by atoms with van der Waals surface area (Å²) in [6, 6.07) is -0.229. The van der Waals surface area contributed by atoms with Gasteiger partial charge < -0.3 is 0 Å². The van der Waals surface area contributed by atoms with Crippen molar-refractivity contribution in [2.45, 2.75) is 13.0 Å². The molecule has 0 saturated carbocycles. The molecule has 1 atom stereocenters. The van der Waals surface area contributed by atoms with Gasteiger partial charge in [-0.2, -0.15) is 0 Å². The van der Waals surface area contributed by atoms with Crippen LogP contribution in [0, 0.1) is 10.1 Å². The van der Waals surface area contributed by atoms with Gasteiger partial charge in [0.05, 0.1) is 11.2 Å². The number of allylic oxidation sites excluding steroid dienone is 2. The summed E-state index contributed by atoms with van der Waals surface area (Å²) in [6.07, 6.45) is 4.61. The van der Waals surface area contributed by atoms with Gasteiger partial charge in [-0.1, -0.05) is 22.7 Å². The van der Waals surface area contributed by atoms with Crippen molar-refractivity contribution in [3.8, 4) is 0 Å². The number of nitrogens with zero attached hydrogens (tertiary/aromatic N) is 2. The third-order valence-corrected chi connectivity index (χ3v) is 1.62. The molecule has 0 aromatic rings. The summed E-state index contributed by atoms with van der Waals surface area (Å²) >= 11 is 5.55. The summed E-state index contributed by atoms with van der Waals surface area (Å²) in [5.74, 6) is 0. The molecule has 0 aliphatic carbocycles. The third-order valence-electron chi connectivity index (χ3n) is 1.40. The van der Waals surface area contributed by atoms with Gasteiger partial charge >= 0.3 is 0 Å². The molecule has 0 bridgehead atoms. The van der Waals surface area contributed by atoms with Gasteiger partial charge in [0.1, 0.15) is 6.04 Å². The zero-order chi connectivity index (χ0) is 8.43. The lowest BCUT2D eigenvalue weighted by atomic mass is 10.2. The molecule has 1 heterocycles. The second-order valence-electron chi connectivity index (χ2n) is 2.23. The highest BCUT2D eigenvalue weighted by molar-refractivity contribution is 6.31. The molecular formula is C6H7ClN2O2. The Labute approximate surface area is 68.9 Å². The van der Waals surface area contributed by atoms with Crippen LogP contribution in [0.1, 0.15) is 6.92 Å². The van der Waals surface area contributed by atoms with E-state index in [0.717, 1.165) is 5.01 Å². The van der Waals surface area contributed by atoms with Gasteiger partial charge in [-0.05, 0) is 13.0 Å². The zero-order valence-corrected chi connectivity index (χ0v) is 6.65. The number of rotatable bonds is 1. The average molecular weight is 175 g/mol. The van der Waals surface area contributed by atoms with Crippen LogP contribution in [0.4, 0.5) is 0 Å². The highest BCUT2D eigenvalue weighted by Crippen LogP contribution is 2.15. The molecule has 0 amide bonds. The van der Waals surface area contributed by atoms with Gasteiger partial charge in [-0.25, -0.2) is 10.1 Å². The average Bonchev–Trinajstić information content (AvgIpc) is 1.94. The summed E-state index contributed by atoms with van der Waals surface area (Å²) in [6.45, 7) is 1.72. The van der Waals surface area contributed by atoms with Crippen LogP contribution in [0.5, 0.6) is 0 Å². The predicted molar refractivity (Wildman–Crippen MR) is 41.4 cm³/mol. The van der Waals surface area contributed by atoms with Crippen LogP contribution in [-0.2, 0) is 0 Å². The SMILES string of the molecule is CC1C=CC(Cl)=CN1[N+](=O)[O-]. The molecule has 5 heteroatoms. The van der Waals surface area contributed by atoms with Crippen molar-refractivity contribution in [1.82, 2.24) is 5.01 Å². The number of hydrazine groups is 1. The van der Waals surface area contributed by atoms with Crippen LogP contribution < -0.4 is 0 Å². The molecule has 1 rings (SSSR count). The van der Waals surface area contributed by atoms with Crippen LogP contribution >= 0.6 is 11.6 Å². The third kappa shape index (κ3) is 1.71. The maximum Gasteiger partial charge on any atom is 0.165 e. The molecule has 0 radical (unpaired) electrons. The zero-order valence-electron chi connectivity index (χ0n) is 5.90. The lowest BCUT2D eigenvalue weighted by Gasteiger charge is -2.17. The van der Waals surface area contributed by atoms with E-state index in [0.29, 0.717) is 5.03 Å². The lowest BCUT2D eigenvalue weighted by Crippen LogP contribution is -2.33. The monoisotopic (exact) mass is 174 g/mol. The summed E-state index contributed by atoms with van der Waals surface area (Å²) in [5.41, 5.74) is 0. The topological polar surface area (TPSA) is 46.4 Å². The van der Waals surface area contributed by atoms with Crippen LogP contribution in [-0.4, -0.2) is 16.1 Å². The summed E-state index contributed by atoms with van der Waals surface area (Å²) in [4.78, 5) is 10.3. The van der Waals surface area contributed by atoms with E-state index in [-0.39, 0.29) is 6.04 Å². The molecule has 1 unspecified atom stereocenters. The van der Waals surface area contributed by atoms with Crippen LogP contribution in [0.25, 0.3) is 0 Å². The number of hydrogen-bond acceptors (Lipinski definition) is 2. The van der Waals surface area contributed by atoms with Crippen molar-refractivity contribution in [2.24, 2.45) is 0 Å². The predicted octanol–water partition coefficient (Wildman–Crippen LogP) is 1.52. The normalized spacial score (nSPS) is 23.3. The molecule has 0 aromatic carbocycles. The Morgan fingerprint density at radius 3 is 2.91 bits per heavy atom. The van der Waals surface area contributed by atoms with Crippen molar-refractivity contribution in [3.63, 3.8) is 0 Å². The molecule has 11 heavy (non-hydrogen) atoms. The Morgan fingerprint density at radius 1 is 1.82 bits per heavy atom. The van der Waals surface area contributed by atoms with Gasteiger partial charge in [0.15, 0.2) is 5.03 Å². The highest BCUT2D eigenvalue weighted by Gasteiger charge is 2.20. The molecule has 4 nitrogen and oxygen atoms in total. The van der Waals surface area contributed by atoms with Crippen molar-refractivity contribution < 1.29 is 5.03 Å². The maximum absolute atomic E-state index is 10.3.